The van der Waals surface area contributed by atoms with Crippen LogP contribution >= 0.6 is 0 Å². The van der Waals surface area contributed by atoms with Gasteiger partial charge in [0.1, 0.15) is 0 Å². The number of rotatable bonds is 6. The van der Waals surface area contributed by atoms with E-state index < -0.39 is 11.8 Å². The van der Waals surface area contributed by atoms with Gasteiger partial charge in [-0.05, 0) is 17.7 Å². The van der Waals surface area contributed by atoms with Crippen LogP contribution in [0.2, 0.25) is 0 Å². The van der Waals surface area contributed by atoms with Gasteiger partial charge in [-0.1, -0.05) is 42.5 Å². The molecule has 0 aliphatic carbocycles. The first-order chi connectivity index (χ1) is 13.7. The quantitative estimate of drug-likeness (QED) is 0.739. The van der Waals surface area contributed by atoms with Crippen molar-refractivity contribution in [1.29, 1.82) is 0 Å². The third-order valence-corrected chi connectivity index (χ3v) is 4.57. The number of nitrogens with zero attached hydrogens (tertiary/aromatic N) is 2. The number of hydrogen-bond donors (Lipinski definition) is 2. The third-order valence-electron chi connectivity index (χ3n) is 4.57. The van der Waals surface area contributed by atoms with Crippen LogP contribution in [-0.2, 0) is 20.9 Å². The van der Waals surface area contributed by atoms with Gasteiger partial charge in [0, 0.05) is 26.2 Å². The highest BCUT2D eigenvalue weighted by Gasteiger charge is 2.23. The molecular formula is C21H25N3O4. The van der Waals surface area contributed by atoms with E-state index in [1.807, 2.05) is 48.5 Å². The molecule has 3 rings (SSSR count). The number of carbonyl (C=O) groups excluding carboxylic acids is 2. The van der Waals surface area contributed by atoms with E-state index in [0.717, 1.165) is 24.3 Å². The molecule has 2 aromatic carbocycles. The van der Waals surface area contributed by atoms with E-state index in [1.165, 1.54) is 4.90 Å². The van der Waals surface area contributed by atoms with Crippen molar-refractivity contribution < 1.29 is 19.4 Å². The molecule has 0 saturated carbocycles. The summed E-state index contributed by atoms with van der Waals surface area (Å²) in [6, 6.07) is 16.8. The number of benzene rings is 2. The molecule has 0 radical (unpaired) electrons. The minimum atomic E-state index is -0.718. The molecule has 2 aromatic rings. The number of aliphatic hydroxyl groups is 1. The fourth-order valence-electron chi connectivity index (χ4n) is 3.16. The number of hydrogen-bond acceptors (Lipinski definition) is 5. The van der Waals surface area contributed by atoms with Crippen LogP contribution in [-0.4, -0.2) is 61.3 Å². The van der Waals surface area contributed by atoms with Crippen LogP contribution in [0, 0.1) is 0 Å². The minimum Gasteiger partial charge on any atom is -0.395 e. The highest BCUT2D eigenvalue weighted by atomic mass is 16.5. The second-order valence-electron chi connectivity index (χ2n) is 6.51. The molecule has 0 unspecified atom stereocenters. The molecular weight excluding hydrogens is 358 g/mol. The summed E-state index contributed by atoms with van der Waals surface area (Å²) < 4.78 is 5.38. The predicted octanol–water partition coefficient (Wildman–Crippen LogP) is 1.48. The Bertz CT molecular complexity index is 791. The maximum Gasteiger partial charge on any atom is 0.313 e. The average molecular weight is 383 g/mol. The van der Waals surface area contributed by atoms with Crippen molar-refractivity contribution in [2.45, 2.75) is 6.54 Å². The van der Waals surface area contributed by atoms with Gasteiger partial charge in [-0.25, -0.2) is 0 Å². The van der Waals surface area contributed by atoms with Crippen LogP contribution in [0.1, 0.15) is 5.56 Å². The first-order valence-corrected chi connectivity index (χ1v) is 9.36. The molecule has 0 bridgehead atoms. The molecule has 0 aromatic heterocycles. The summed E-state index contributed by atoms with van der Waals surface area (Å²) in [5, 5.41) is 12.0. The van der Waals surface area contributed by atoms with E-state index in [-0.39, 0.29) is 19.7 Å². The molecule has 7 nitrogen and oxygen atoms in total. The van der Waals surface area contributed by atoms with Crippen LogP contribution in [0.3, 0.4) is 0 Å². The van der Waals surface area contributed by atoms with Gasteiger partial charge in [-0.2, -0.15) is 0 Å². The zero-order chi connectivity index (χ0) is 19.8. The summed E-state index contributed by atoms with van der Waals surface area (Å²) in [4.78, 5) is 28.8. The molecule has 0 spiro atoms. The summed E-state index contributed by atoms with van der Waals surface area (Å²) in [5.74, 6) is -1.39. The van der Waals surface area contributed by atoms with Gasteiger partial charge in [0.25, 0.3) is 0 Å². The normalized spacial score (nSPS) is 13.8. The van der Waals surface area contributed by atoms with Gasteiger partial charge in [-0.3, -0.25) is 9.59 Å². The molecule has 1 fully saturated rings. The molecule has 2 N–H and O–H groups in total. The molecule has 2 amide bonds. The molecule has 7 heteroatoms. The second kappa shape index (κ2) is 9.87. The average Bonchev–Trinajstić information content (AvgIpc) is 2.74. The van der Waals surface area contributed by atoms with E-state index >= 15 is 0 Å². The zero-order valence-corrected chi connectivity index (χ0v) is 15.7. The van der Waals surface area contributed by atoms with E-state index in [2.05, 4.69) is 10.2 Å². The standard InChI is InChI=1S/C21H25N3O4/c25-13-10-24(16-17-6-2-1-3-7-17)21(27)20(26)22-18-8-4-5-9-19(18)23-11-14-28-15-12-23/h1-9,25H,10-16H2,(H,22,26). The Labute approximate surface area is 164 Å². The number of carbonyl (C=O) groups is 2. The van der Waals surface area contributed by atoms with Gasteiger partial charge in [-0.15, -0.1) is 0 Å². The van der Waals surface area contributed by atoms with Gasteiger partial charge in [0.05, 0.1) is 31.2 Å². The van der Waals surface area contributed by atoms with E-state index in [1.54, 1.807) is 6.07 Å². The van der Waals surface area contributed by atoms with Crippen molar-refractivity contribution in [2.75, 3.05) is 49.7 Å². The number of ether oxygens (including phenoxy) is 1. The minimum absolute atomic E-state index is 0.0895. The topological polar surface area (TPSA) is 82.1 Å². The first-order valence-electron chi connectivity index (χ1n) is 9.36. The highest BCUT2D eigenvalue weighted by Crippen LogP contribution is 2.26. The van der Waals surface area contributed by atoms with Gasteiger partial charge in [0.15, 0.2) is 0 Å². The fraction of sp³-hybridized carbons (Fsp3) is 0.333. The summed E-state index contributed by atoms with van der Waals surface area (Å²) in [6.07, 6.45) is 0. The summed E-state index contributed by atoms with van der Waals surface area (Å²) in [5.41, 5.74) is 2.35. The van der Waals surface area contributed by atoms with E-state index in [4.69, 9.17) is 4.74 Å². The fourth-order valence-corrected chi connectivity index (χ4v) is 3.16. The van der Waals surface area contributed by atoms with Crippen LogP contribution in [0.4, 0.5) is 11.4 Å². The Morgan fingerprint density at radius 2 is 1.71 bits per heavy atom. The van der Waals surface area contributed by atoms with Crippen molar-refractivity contribution in [2.24, 2.45) is 0 Å². The van der Waals surface area contributed by atoms with Gasteiger partial charge >= 0.3 is 11.8 Å². The Hall–Kier alpha value is -2.90. The molecule has 1 aliphatic rings. The Morgan fingerprint density at radius 3 is 2.43 bits per heavy atom. The van der Waals surface area contributed by atoms with Crippen LogP contribution < -0.4 is 10.2 Å². The molecule has 0 atom stereocenters. The van der Waals surface area contributed by atoms with E-state index in [0.29, 0.717) is 18.9 Å². The van der Waals surface area contributed by atoms with Crippen molar-refractivity contribution >= 4 is 23.2 Å². The number of morpholine rings is 1. The largest absolute Gasteiger partial charge is 0.395 e. The molecule has 1 saturated heterocycles. The highest BCUT2D eigenvalue weighted by molar-refractivity contribution is 6.39. The number of aliphatic hydroxyl groups excluding tert-OH is 1. The lowest BCUT2D eigenvalue weighted by Gasteiger charge is -2.30. The number of nitrogens with one attached hydrogen (secondary N) is 1. The van der Waals surface area contributed by atoms with Crippen molar-refractivity contribution in [3.8, 4) is 0 Å². The maximum absolute atomic E-state index is 12.7. The zero-order valence-electron chi connectivity index (χ0n) is 15.7. The van der Waals surface area contributed by atoms with Crippen molar-refractivity contribution in [1.82, 2.24) is 4.90 Å². The van der Waals surface area contributed by atoms with Gasteiger partial charge in [0.2, 0.25) is 0 Å². The van der Waals surface area contributed by atoms with Crippen molar-refractivity contribution in [3.63, 3.8) is 0 Å². The summed E-state index contributed by atoms with van der Waals surface area (Å²) in [6.45, 7) is 2.85. The number of amides is 2. The predicted molar refractivity (Wildman–Crippen MR) is 107 cm³/mol. The summed E-state index contributed by atoms with van der Waals surface area (Å²) in [7, 11) is 0. The maximum atomic E-state index is 12.7. The third kappa shape index (κ3) is 5.09. The molecule has 1 aliphatic heterocycles. The lowest BCUT2D eigenvalue weighted by molar-refractivity contribution is -0.143. The Balaban J connectivity index is 1.71. The molecule has 28 heavy (non-hydrogen) atoms. The first kappa shape index (κ1) is 19.9. The van der Waals surface area contributed by atoms with Gasteiger partial charge < -0.3 is 25.0 Å². The number of para-hydroxylation sites is 2. The van der Waals surface area contributed by atoms with Crippen molar-refractivity contribution in [3.05, 3.63) is 60.2 Å². The lowest BCUT2D eigenvalue weighted by Crippen LogP contribution is -2.41. The molecule has 148 valence electrons. The van der Waals surface area contributed by atoms with E-state index in [9.17, 15) is 14.7 Å². The second-order valence-corrected chi connectivity index (χ2v) is 6.51. The lowest BCUT2D eigenvalue weighted by atomic mass is 10.2. The Kier molecular flexibility index (Phi) is 7.00. The number of anilines is 2. The monoisotopic (exact) mass is 383 g/mol. The molecule has 1 heterocycles. The summed E-state index contributed by atoms with van der Waals surface area (Å²) >= 11 is 0. The van der Waals surface area contributed by atoms with Crippen LogP contribution in [0.5, 0.6) is 0 Å². The Morgan fingerprint density at radius 1 is 1.04 bits per heavy atom. The smallest absolute Gasteiger partial charge is 0.313 e. The van der Waals surface area contributed by atoms with Crippen LogP contribution in [0.15, 0.2) is 54.6 Å². The SMILES string of the molecule is O=C(Nc1ccccc1N1CCOCC1)C(=O)N(CCO)Cc1ccccc1. The van der Waals surface area contributed by atoms with Crippen LogP contribution in [0.25, 0.3) is 0 Å².